The van der Waals surface area contributed by atoms with Gasteiger partial charge in [-0.05, 0) is 0 Å². The first-order chi connectivity index (χ1) is 10.0. The van der Waals surface area contributed by atoms with E-state index in [0.29, 0.717) is 0 Å². The average molecular weight is 332 g/mol. The summed E-state index contributed by atoms with van der Waals surface area (Å²) in [6.45, 7) is 0. The molecule has 3 N–H and O–H groups in total. The van der Waals surface area contributed by atoms with Gasteiger partial charge in [0.25, 0.3) is 5.56 Å². The van der Waals surface area contributed by atoms with Crippen LogP contribution >= 0.6 is 0 Å². The number of aromatic nitrogens is 2. The maximum atomic E-state index is 11.9. The van der Waals surface area contributed by atoms with Crippen LogP contribution in [0.25, 0.3) is 0 Å². The molecule has 0 spiro atoms. The summed E-state index contributed by atoms with van der Waals surface area (Å²) in [5.74, 6) is -1.94. The smallest absolute Gasteiger partial charge is 0.330 e. The predicted molar refractivity (Wildman–Crippen MR) is 76.8 cm³/mol. The van der Waals surface area contributed by atoms with Crippen LogP contribution in [0.2, 0.25) is 0 Å². The van der Waals surface area contributed by atoms with Crippen molar-refractivity contribution in [1.82, 2.24) is 14.5 Å². The molecular formula is C11H16N4O6S. The summed E-state index contributed by atoms with van der Waals surface area (Å²) in [4.78, 5) is 44.9. The number of carbonyl (C=O) groups excluding carboxylic acids is 2. The summed E-state index contributed by atoms with van der Waals surface area (Å²) in [5.41, 5.74) is 3.47. The summed E-state index contributed by atoms with van der Waals surface area (Å²) in [5, 5.41) is 1.74. The maximum absolute atomic E-state index is 11.9. The number of sulfone groups is 1. The van der Waals surface area contributed by atoms with E-state index >= 15 is 0 Å². The number of amides is 3. The molecule has 0 aliphatic carbocycles. The second-order valence-electron chi connectivity index (χ2n) is 4.63. The topological polar surface area (TPSA) is 150 Å². The van der Waals surface area contributed by atoms with E-state index in [2.05, 4.69) is 0 Å². The molecule has 1 aromatic rings. The Morgan fingerprint density at radius 2 is 1.82 bits per heavy atom. The van der Waals surface area contributed by atoms with Gasteiger partial charge in [0, 0.05) is 32.3 Å². The number of hydrogen-bond acceptors (Lipinski definition) is 6. The summed E-state index contributed by atoms with van der Waals surface area (Å²) in [6, 6.07) is -0.0287. The first-order valence-electron chi connectivity index (χ1n) is 6.09. The molecule has 0 saturated heterocycles. The Kier molecular flexibility index (Phi) is 5.25. The van der Waals surface area contributed by atoms with Crippen molar-refractivity contribution in [3.05, 3.63) is 32.6 Å². The highest BCUT2D eigenvalue weighted by Crippen LogP contribution is 2.04. The van der Waals surface area contributed by atoms with E-state index in [-0.39, 0.29) is 5.69 Å². The van der Waals surface area contributed by atoms with Gasteiger partial charge in [0.2, 0.25) is 5.91 Å². The molecule has 10 nitrogen and oxygen atoms in total. The van der Waals surface area contributed by atoms with Crippen molar-refractivity contribution in [3.63, 3.8) is 0 Å². The molecule has 0 aliphatic rings. The molecule has 0 radical (unpaired) electrons. The lowest BCUT2D eigenvalue weighted by Gasteiger charge is -2.10. The quantitative estimate of drug-likeness (QED) is 0.612. The summed E-state index contributed by atoms with van der Waals surface area (Å²) in [7, 11) is -1.14. The van der Waals surface area contributed by atoms with Crippen LogP contribution < -0.4 is 22.3 Å². The number of nitrogens with one attached hydrogen (secondary N) is 1. The molecule has 0 saturated carbocycles. The molecule has 11 heteroatoms. The number of imide groups is 1. The standard InChI is InChI=1S/C11H16N4O6S/c1-14-7(5-9(17)15(2)11(14)19)6-22(20,21)4-3-8(16)13-10(12)18/h5H,3-4,6H2,1-2H3,(H3,12,13,16,18). The largest absolute Gasteiger partial charge is 0.351 e. The lowest BCUT2D eigenvalue weighted by molar-refractivity contribution is -0.119. The van der Waals surface area contributed by atoms with Crippen molar-refractivity contribution in [1.29, 1.82) is 0 Å². The Bertz CT molecular complexity index is 820. The molecule has 0 aromatic carbocycles. The third kappa shape index (κ3) is 4.55. The highest BCUT2D eigenvalue weighted by atomic mass is 32.2. The van der Waals surface area contributed by atoms with Gasteiger partial charge in [0.05, 0.1) is 11.5 Å². The Morgan fingerprint density at radius 3 is 2.36 bits per heavy atom. The van der Waals surface area contributed by atoms with Gasteiger partial charge in [-0.1, -0.05) is 0 Å². The SMILES string of the molecule is Cn1c(CS(=O)(=O)CCC(=O)NC(N)=O)cc(=O)n(C)c1=O. The first kappa shape index (κ1) is 17.6. The van der Waals surface area contributed by atoms with E-state index < -0.39 is 51.0 Å². The number of nitrogens with two attached hydrogens (primary N) is 1. The minimum atomic E-state index is -3.76. The van der Waals surface area contributed by atoms with E-state index in [1.54, 1.807) is 5.32 Å². The molecule has 22 heavy (non-hydrogen) atoms. The van der Waals surface area contributed by atoms with E-state index in [0.717, 1.165) is 15.2 Å². The van der Waals surface area contributed by atoms with Gasteiger partial charge in [0.1, 0.15) is 0 Å². The number of nitrogens with zero attached hydrogens (tertiary/aromatic N) is 2. The van der Waals surface area contributed by atoms with Crippen molar-refractivity contribution in [2.45, 2.75) is 12.2 Å². The van der Waals surface area contributed by atoms with Crippen LogP contribution in [-0.2, 0) is 34.5 Å². The second-order valence-corrected chi connectivity index (χ2v) is 6.81. The molecule has 0 atom stereocenters. The molecule has 0 bridgehead atoms. The number of carbonyl (C=O) groups is 2. The van der Waals surface area contributed by atoms with Gasteiger partial charge >= 0.3 is 11.7 Å². The van der Waals surface area contributed by atoms with Crippen molar-refractivity contribution in [2.24, 2.45) is 19.8 Å². The Hall–Kier alpha value is -2.43. The zero-order chi connectivity index (χ0) is 17.1. The summed E-state index contributed by atoms with van der Waals surface area (Å²) < 4.78 is 25.7. The summed E-state index contributed by atoms with van der Waals surface area (Å²) >= 11 is 0. The van der Waals surface area contributed by atoms with Crippen LogP contribution in [-0.4, -0.2) is 35.2 Å². The van der Waals surface area contributed by atoms with Crippen LogP contribution in [0.1, 0.15) is 12.1 Å². The molecule has 3 amide bonds. The molecular weight excluding hydrogens is 316 g/mol. The van der Waals surface area contributed by atoms with E-state index in [1.165, 1.54) is 14.1 Å². The zero-order valence-electron chi connectivity index (χ0n) is 12.0. The maximum Gasteiger partial charge on any atom is 0.330 e. The van der Waals surface area contributed by atoms with Gasteiger partial charge in [-0.3, -0.25) is 24.0 Å². The minimum Gasteiger partial charge on any atom is -0.351 e. The highest BCUT2D eigenvalue weighted by molar-refractivity contribution is 7.90. The Morgan fingerprint density at radius 1 is 1.23 bits per heavy atom. The van der Waals surface area contributed by atoms with Crippen LogP contribution in [0.3, 0.4) is 0 Å². The van der Waals surface area contributed by atoms with Crippen LogP contribution in [0.4, 0.5) is 4.79 Å². The van der Waals surface area contributed by atoms with Gasteiger partial charge in [-0.25, -0.2) is 18.0 Å². The monoisotopic (exact) mass is 332 g/mol. The van der Waals surface area contributed by atoms with Crippen molar-refractivity contribution in [3.8, 4) is 0 Å². The van der Waals surface area contributed by atoms with E-state index in [9.17, 15) is 27.6 Å². The fourth-order valence-corrected chi connectivity index (χ4v) is 3.03. The molecule has 0 unspecified atom stereocenters. The molecule has 0 aliphatic heterocycles. The van der Waals surface area contributed by atoms with Gasteiger partial charge in [0.15, 0.2) is 9.84 Å². The van der Waals surface area contributed by atoms with E-state index in [1.807, 2.05) is 0 Å². The average Bonchev–Trinajstić information content (AvgIpc) is 2.39. The van der Waals surface area contributed by atoms with Crippen molar-refractivity contribution < 1.29 is 18.0 Å². The zero-order valence-corrected chi connectivity index (χ0v) is 12.8. The van der Waals surface area contributed by atoms with Gasteiger partial charge in [-0.2, -0.15) is 0 Å². The van der Waals surface area contributed by atoms with Crippen LogP contribution in [0.5, 0.6) is 0 Å². The third-order valence-electron chi connectivity index (χ3n) is 2.90. The Balaban J connectivity index is 2.90. The fraction of sp³-hybridized carbons (Fsp3) is 0.455. The third-order valence-corrected chi connectivity index (χ3v) is 4.46. The number of rotatable bonds is 5. The lowest BCUT2D eigenvalue weighted by Crippen LogP contribution is -2.39. The van der Waals surface area contributed by atoms with Gasteiger partial charge < -0.3 is 5.73 Å². The molecule has 1 aromatic heterocycles. The van der Waals surface area contributed by atoms with Crippen LogP contribution in [0, 0.1) is 0 Å². The van der Waals surface area contributed by atoms with E-state index in [4.69, 9.17) is 5.73 Å². The van der Waals surface area contributed by atoms with Crippen LogP contribution in [0.15, 0.2) is 15.7 Å². The van der Waals surface area contributed by atoms with Gasteiger partial charge in [-0.15, -0.1) is 0 Å². The fourth-order valence-electron chi connectivity index (χ4n) is 1.66. The Labute approximate surface area is 125 Å². The minimum absolute atomic E-state index is 0.0170. The predicted octanol–water partition coefficient (Wildman–Crippen LogP) is -2.42. The number of primary amides is 1. The second kappa shape index (κ2) is 6.56. The molecule has 0 fully saturated rings. The molecule has 1 heterocycles. The number of urea groups is 1. The molecule has 1 rings (SSSR count). The highest BCUT2D eigenvalue weighted by Gasteiger charge is 2.18. The lowest BCUT2D eigenvalue weighted by atomic mass is 10.4. The number of hydrogen-bond donors (Lipinski definition) is 2. The molecule has 122 valence electrons. The van der Waals surface area contributed by atoms with Crippen molar-refractivity contribution >= 4 is 21.8 Å². The van der Waals surface area contributed by atoms with Crippen molar-refractivity contribution in [2.75, 3.05) is 5.75 Å². The first-order valence-corrected chi connectivity index (χ1v) is 7.91. The summed E-state index contributed by atoms with van der Waals surface area (Å²) in [6.07, 6.45) is -0.454. The normalized spacial score (nSPS) is 11.2.